The lowest BCUT2D eigenvalue weighted by Crippen LogP contribution is -2.25. The minimum Gasteiger partial charge on any atom is -0.493 e. The SMILES string of the molecule is Cc1cc(OCC(C)CS(N)(=O)=O)ccc1[N+](=O)[O-]. The van der Waals surface area contributed by atoms with Gasteiger partial charge < -0.3 is 4.74 Å². The Morgan fingerprint density at radius 2 is 2.11 bits per heavy atom. The zero-order chi connectivity index (χ0) is 14.6. The Kier molecular flexibility index (Phi) is 4.84. The van der Waals surface area contributed by atoms with Crippen molar-refractivity contribution in [3.63, 3.8) is 0 Å². The van der Waals surface area contributed by atoms with Crippen LogP contribution in [0.5, 0.6) is 5.75 Å². The standard InChI is InChI=1S/C11H16N2O5S/c1-8(7-19(12,16)17)6-18-10-3-4-11(13(14)15)9(2)5-10/h3-5,8H,6-7H2,1-2H3,(H2,12,16,17). The molecule has 1 aromatic rings. The van der Waals surface area contributed by atoms with E-state index >= 15 is 0 Å². The molecule has 8 heteroatoms. The Morgan fingerprint density at radius 3 is 2.58 bits per heavy atom. The van der Waals surface area contributed by atoms with Crippen LogP contribution in [0, 0.1) is 23.0 Å². The quantitative estimate of drug-likeness (QED) is 0.624. The summed E-state index contributed by atoms with van der Waals surface area (Å²) in [7, 11) is -3.52. The third-order valence-electron chi connectivity index (χ3n) is 2.42. The highest BCUT2D eigenvalue weighted by Crippen LogP contribution is 2.23. The highest BCUT2D eigenvalue weighted by Gasteiger charge is 2.13. The van der Waals surface area contributed by atoms with Crippen LogP contribution in [0.15, 0.2) is 18.2 Å². The molecule has 0 saturated heterocycles. The summed E-state index contributed by atoms with van der Waals surface area (Å²) in [6.07, 6.45) is 0. The summed E-state index contributed by atoms with van der Waals surface area (Å²) in [6, 6.07) is 4.38. The van der Waals surface area contributed by atoms with Crippen LogP contribution in [0.25, 0.3) is 0 Å². The number of ether oxygens (including phenoxy) is 1. The second-order valence-electron chi connectivity index (χ2n) is 4.45. The summed E-state index contributed by atoms with van der Waals surface area (Å²) in [6.45, 7) is 3.48. The Labute approximate surface area is 111 Å². The van der Waals surface area contributed by atoms with Crippen LogP contribution in [0.1, 0.15) is 12.5 Å². The van der Waals surface area contributed by atoms with E-state index in [1.54, 1.807) is 19.9 Å². The van der Waals surface area contributed by atoms with Crippen molar-refractivity contribution < 1.29 is 18.1 Å². The summed E-state index contributed by atoms with van der Waals surface area (Å²) >= 11 is 0. The van der Waals surface area contributed by atoms with Crippen molar-refractivity contribution in [3.05, 3.63) is 33.9 Å². The number of aryl methyl sites for hydroxylation is 1. The molecule has 1 aromatic carbocycles. The Morgan fingerprint density at radius 1 is 1.47 bits per heavy atom. The van der Waals surface area contributed by atoms with Crippen LogP contribution < -0.4 is 9.88 Å². The number of nitrogens with zero attached hydrogens (tertiary/aromatic N) is 1. The predicted octanol–water partition coefficient (Wildman–Crippen LogP) is 1.21. The maximum Gasteiger partial charge on any atom is 0.272 e. The first-order valence-electron chi connectivity index (χ1n) is 5.57. The molecule has 2 N–H and O–H groups in total. The zero-order valence-electron chi connectivity index (χ0n) is 10.7. The molecule has 0 radical (unpaired) electrons. The van der Waals surface area contributed by atoms with Crippen LogP contribution in [0.2, 0.25) is 0 Å². The molecule has 0 fully saturated rings. The molecule has 0 spiro atoms. The van der Waals surface area contributed by atoms with E-state index in [1.807, 2.05) is 0 Å². The molecule has 0 aliphatic heterocycles. The topological polar surface area (TPSA) is 113 Å². The van der Waals surface area contributed by atoms with E-state index in [9.17, 15) is 18.5 Å². The third-order valence-corrected chi connectivity index (χ3v) is 3.45. The molecule has 1 unspecified atom stereocenters. The van der Waals surface area contributed by atoms with Crippen LogP contribution >= 0.6 is 0 Å². The largest absolute Gasteiger partial charge is 0.493 e. The lowest BCUT2D eigenvalue weighted by Gasteiger charge is -2.12. The molecule has 106 valence electrons. The third kappa shape index (κ3) is 5.23. The zero-order valence-corrected chi connectivity index (χ0v) is 11.5. The molecule has 1 rings (SSSR count). The van der Waals surface area contributed by atoms with E-state index < -0.39 is 14.9 Å². The molecule has 0 aliphatic carbocycles. The van der Waals surface area contributed by atoms with Crippen molar-refractivity contribution in [3.8, 4) is 5.75 Å². The van der Waals surface area contributed by atoms with Crippen molar-refractivity contribution in [2.45, 2.75) is 13.8 Å². The Bertz CT molecular complexity index is 570. The minimum absolute atomic E-state index is 0.0185. The molecule has 0 bridgehead atoms. The smallest absolute Gasteiger partial charge is 0.272 e. The summed E-state index contributed by atoms with van der Waals surface area (Å²) in [4.78, 5) is 10.2. The molecular formula is C11H16N2O5S. The van der Waals surface area contributed by atoms with Crippen molar-refractivity contribution in [1.82, 2.24) is 0 Å². The minimum atomic E-state index is -3.52. The molecule has 19 heavy (non-hydrogen) atoms. The van der Waals surface area contributed by atoms with E-state index in [2.05, 4.69) is 0 Å². The lowest BCUT2D eigenvalue weighted by molar-refractivity contribution is -0.385. The average molecular weight is 288 g/mol. The average Bonchev–Trinajstić information content (AvgIpc) is 2.23. The van der Waals surface area contributed by atoms with Crippen LogP contribution in [0.4, 0.5) is 5.69 Å². The first-order chi connectivity index (χ1) is 8.69. The molecule has 0 aliphatic rings. The fourth-order valence-corrected chi connectivity index (χ4v) is 2.50. The summed E-state index contributed by atoms with van der Waals surface area (Å²) < 4.78 is 27.1. The normalized spacial score (nSPS) is 13.0. The number of nitro benzene ring substituents is 1. The van der Waals surface area contributed by atoms with Crippen LogP contribution in [0.3, 0.4) is 0 Å². The molecule has 0 aromatic heterocycles. The summed E-state index contributed by atoms with van der Waals surface area (Å²) in [5.41, 5.74) is 0.506. The highest BCUT2D eigenvalue weighted by atomic mass is 32.2. The van der Waals surface area contributed by atoms with Gasteiger partial charge in [0.05, 0.1) is 17.3 Å². The number of benzene rings is 1. The highest BCUT2D eigenvalue weighted by molar-refractivity contribution is 7.89. The first-order valence-corrected chi connectivity index (χ1v) is 7.29. The number of nitro groups is 1. The lowest BCUT2D eigenvalue weighted by atomic mass is 10.2. The molecule has 0 amide bonds. The molecule has 0 saturated carbocycles. The number of primary sulfonamides is 1. The number of rotatable bonds is 6. The van der Waals surface area contributed by atoms with Gasteiger partial charge in [-0.2, -0.15) is 0 Å². The van der Waals surface area contributed by atoms with Crippen molar-refractivity contribution >= 4 is 15.7 Å². The fraction of sp³-hybridized carbons (Fsp3) is 0.455. The van der Waals surface area contributed by atoms with E-state index in [0.29, 0.717) is 11.3 Å². The van der Waals surface area contributed by atoms with Gasteiger partial charge in [0, 0.05) is 17.5 Å². The van der Waals surface area contributed by atoms with E-state index in [1.165, 1.54) is 12.1 Å². The van der Waals surface area contributed by atoms with Gasteiger partial charge in [-0.1, -0.05) is 6.92 Å². The molecular weight excluding hydrogens is 272 g/mol. The van der Waals surface area contributed by atoms with Gasteiger partial charge in [0.15, 0.2) is 0 Å². The van der Waals surface area contributed by atoms with Gasteiger partial charge >= 0.3 is 0 Å². The fourth-order valence-electron chi connectivity index (χ4n) is 1.61. The van der Waals surface area contributed by atoms with E-state index in [-0.39, 0.29) is 24.0 Å². The van der Waals surface area contributed by atoms with E-state index in [4.69, 9.17) is 9.88 Å². The van der Waals surface area contributed by atoms with Gasteiger partial charge in [-0.3, -0.25) is 10.1 Å². The number of nitrogens with two attached hydrogens (primary N) is 1. The van der Waals surface area contributed by atoms with Crippen molar-refractivity contribution in [2.75, 3.05) is 12.4 Å². The Balaban J connectivity index is 2.64. The van der Waals surface area contributed by atoms with Gasteiger partial charge in [-0.05, 0) is 19.1 Å². The molecule has 7 nitrogen and oxygen atoms in total. The second-order valence-corrected chi connectivity index (χ2v) is 6.11. The number of hydrogen-bond acceptors (Lipinski definition) is 5. The number of sulfonamides is 1. The van der Waals surface area contributed by atoms with Crippen molar-refractivity contribution in [1.29, 1.82) is 0 Å². The van der Waals surface area contributed by atoms with Gasteiger partial charge in [0.2, 0.25) is 10.0 Å². The van der Waals surface area contributed by atoms with Crippen LogP contribution in [-0.2, 0) is 10.0 Å². The van der Waals surface area contributed by atoms with Gasteiger partial charge in [0.1, 0.15) is 5.75 Å². The molecule has 1 atom stereocenters. The van der Waals surface area contributed by atoms with Crippen LogP contribution in [-0.4, -0.2) is 25.7 Å². The Hall–Kier alpha value is -1.67. The van der Waals surface area contributed by atoms with Gasteiger partial charge in [-0.25, -0.2) is 13.6 Å². The summed E-state index contributed by atoms with van der Waals surface area (Å²) in [5.74, 6) is 0.0359. The maximum atomic E-state index is 10.9. The van der Waals surface area contributed by atoms with Crippen molar-refractivity contribution in [2.24, 2.45) is 11.1 Å². The number of hydrogen-bond donors (Lipinski definition) is 1. The second kappa shape index (κ2) is 5.98. The predicted molar refractivity (Wildman–Crippen MR) is 70.5 cm³/mol. The summed E-state index contributed by atoms with van der Waals surface area (Å²) in [5, 5.41) is 15.6. The van der Waals surface area contributed by atoms with E-state index in [0.717, 1.165) is 0 Å². The molecule has 0 heterocycles. The van der Waals surface area contributed by atoms with Gasteiger partial charge in [0.25, 0.3) is 5.69 Å². The first kappa shape index (κ1) is 15.4. The monoisotopic (exact) mass is 288 g/mol. The maximum absolute atomic E-state index is 10.9. The van der Waals surface area contributed by atoms with Gasteiger partial charge in [-0.15, -0.1) is 0 Å².